The van der Waals surface area contributed by atoms with E-state index in [0.29, 0.717) is 0 Å². The van der Waals surface area contributed by atoms with Crippen molar-refractivity contribution >= 4 is 72.4 Å². The minimum absolute atomic E-state index is 1.15. The summed E-state index contributed by atoms with van der Waals surface area (Å²) in [6.45, 7) is 0. The van der Waals surface area contributed by atoms with Crippen LogP contribution in [0.1, 0.15) is 0 Å². The highest BCUT2D eigenvalue weighted by atomic mass is 28.3. The fourth-order valence-electron chi connectivity index (χ4n) is 10.3. The molecule has 10 aromatic carbocycles. The summed E-state index contributed by atoms with van der Waals surface area (Å²) in [5.74, 6) is 0. The number of hydrogen-bond donors (Lipinski definition) is 0. The van der Waals surface area contributed by atoms with Crippen molar-refractivity contribution in [2.75, 3.05) is 0 Å². The van der Waals surface area contributed by atoms with Crippen LogP contribution < -0.4 is 20.7 Å². The lowest BCUT2D eigenvalue weighted by Gasteiger charge is -2.35. The van der Waals surface area contributed by atoms with Crippen LogP contribution in [0.3, 0.4) is 0 Å². The Morgan fingerprint density at radius 2 is 0.714 bits per heavy atom. The van der Waals surface area contributed by atoms with E-state index in [-0.39, 0.29) is 0 Å². The molecule has 0 atom stereocenters. The average Bonchev–Trinajstić information content (AvgIpc) is 3.88. The standard InChI is InChI=1S/C60H42N2Si/c1-5-19-43(20-6-1)44-35-38-50(39-36-44)63(48-24-9-3-10-25-48,49-26-11-4-12-27-49)51-28-17-23-46(41-51)61-56-32-15-13-29-53(56)55-42-47(37-40-58(55)61)62-57-33-16-14-30-54(57)60-52(31-18-34-59(60)62)45-21-7-2-8-22-45/h1-42H. The third kappa shape index (κ3) is 5.93. The summed E-state index contributed by atoms with van der Waals surface area (Å²) in [5.41, 5.74) is 12.0. The van der Waals surface area contributed by atoms with Crippen molar-refractivity contribution in [1.82, 2.24) is 9.13 Å². The maximum absolute atomic E-state index is 2.85. The van der Waals surface area contributed by atoms with Crippen molar-refractivity contribution in [1.29, 1.82) is 0 Å². The van der Waals surface area contributed by atoms with Gasteiger partial charge in [-0.2, -0.15) is 0 Å². The fraction of sp³-hybridized carbons (Fsp3) is 0. The molecule has 0 amide bonds. The van der Waals surface area contributed by atoms with E-state index < -0.39 is 8.07 Å². The summed E-state index contributed by atoms with van der Waals surface area (Å²) in [7, 11) is -2.85. The van der Waals surface area contributed by atoms with E-state index in [0.717, 1.165) is 11.4 Å². The van der Waals surface area contributed by atoms with Crippen molar-refractivity contribution in [2.45, 2.75) is 0 Å². The van der Waals surface area contributed by atoms with E-state index in [2.05, 4.69) is 264 Å². The summed E-state index contributed by atoms with van der Waals surface area (Å²) in [5, 5.41) is 10.4. The molecule has 0 N–H and O–H groups in total. The molecule has 2 heterocycles. The highest BCUT2D eigenvalue weighted by Crippen LogP contribution is 2.40. The number of hydrogen-bond acceptors (Lipinski definition) is 0. The molecule has 0 fully saturated rings. The molecule has 0 aliphatic carbocycles. The van der Waals surface area contributed by atoms with E-state index in [9.17, 15) is 0 Å². The molecule has 2 nitrogen and oxygen atoms in total. The summed E-state index contributed by atoms with van der Waals surface area (Å²) in [6.07, 6.45) is 0. The number of nitrogens with zero attached hydrogens (tertiary/aromatic N) is 2. The van der Waals surface area contributed by atoms with Crippen molar-refractivity contribution in [3.8, 4) is 33.6 Å². The monoisotopic (exact) mass is 818 g/mol. The van der Waals surface area contributed by atoms with Gasteiger partial charge >= 0.3 is 0 Å². The Morgan fingerprint density at radius 1 is 0.254 bits per heavy atom. The lowest BCUT2D eigenvalue weighted by atomic mass is 9.99. The van der Waals surface area contributed by atoms with Crippen molar-refractivity contribution in [2.24, 2.45) is 0 Å². The summed E-state index contributed by atoms with van der Waals surface area (Å²) in [4.78, 5) is 0. The molecule has 296 valence electrons. The normalized spacial score (nSPS) is 11.8. The van der Waals surface area contributed by atoms with Crippen molar-refractivity contribution in [3.63, 3.8) is 0 Å². The van der Waals surface area contributed by atoms with Gasteiger partial charge in [-0.25, -0.2) is 0 Å². The SMILES string of the molecule is c1ccc(-c2ccc([Si](c3ccccc3)(c3ccccc3)c3cccc(-n4c5ccccc5c5cc(-n6c7ccccc7c7c(-c8ccccc8)cccc76)ccc54)c3)cc2)cc1. The van der Waals surface area contributed by atoms with Crippen LogP contribution in [0.25, 0.3) is 77.2 Å². The first-order chi connectivity index (χ1) is 31.3. The van der Waals surface area contributed by atoms with Crippen LogP contribution in [0.5, 0.6) is 0 Å². The van der Waals surface area contributed by atoms with E-state index in [4.69, 9.17) is 0 Å². The Balaban J connectivity index is 1.07. The first-order valence-electron chi connectivity index (χ1n) is 21.8. The molecule has 2 aromatic heterocycles. The Kier molecular flexibility index (Phi) is 8.87. The third-order valence-corrected chi connectivity index (χ3v) is 17.8. The zero-order valence-electron chi connectivity index (χ0n) is 34.6. The first kappa shape index (κ1) is 36.8. The van der Waals surface area contributed by atoms with Gasteiger partial charge < -0.3 is 9.13 Å². The minimum Gasteiger partial charge on any atom is -0.309 e. The van der Waals surface area contributed by atoms with E-state index >= 15 is 0 Å². The second-order valence-electron chi connectivity index (χ2n) is 16.4. The van der Waals surface area contributed by atoms with Gasteiger partial charge in [0.2, 0.25) is 0 Å². The predicted octanol–water partition coefficient (Wildman–Crippen LogP) is 12.6. The second kappa shape index (κ2) is 15.2. The topological polar surface area (TPSA) is 9.86 Å². The Bertz CT molecular complexity index is 3550. The van der Waals surface area contributed by atoms with Gasteiger partial charge in [-0.05, 0) is 91.5 Å². The molecule has 12 aromatic rings. The zero-order valence-corrected chi connectivity index (χ0v) is 35.6. The molecule has 0 bridgehead atoms. The van der Waals surface area contributed by atoms with E-state index in [1.165, 1.54) is 86.6 Å². The van der Waals surface area contributed by atoms with Gasteiger partial charge in [-0.1, -0.05) is 206 Å². The minimum atomic E-state index is -2.85. The van der Waals surface area contributed by atoms with Gasteiger partial charge in [-0.3, -0.25) is 0 Å². The van der Waals surface area contributed by atoms with E-state index in [1.807, 2.05) is 0 Å². The molecule has 0 aliphatic rings. The number of fused-ring (bicyclic) bond motifs is 6. The molecule has 0 unspecified atom stereocenters. The van der Waals surface area contributed by atoms with Gasteiger partial charge in [0.1, 0.15) is 0 Å². The molecule has 12 rings (SSSR count). The number of para-hydroxylation sites is 2. The van der Waals surface area contributed by atoms with E-state index in [1.54, 1.807) is 0 Å². The molecule has 63 heavy (non-hydrogen) atoms. The van der Waals surface area contributed by atoms with Crippen LogP contribution in [0.4, 0.5) is 0 Å². The van der Waals surface area contributed by atoms with Crippen molar-refractivity contribution < 1.29 is 0 Å². The molecular weight excluding hydrogens is 777 g/mol. The van der Waals surface area contributed by atoms with Gasteiger partial charge in [0.25, 0.3) is 0 Å². The summed E-state index contributed by atoms with van der Waals surface area (Å²) < 4.78 is 4.93. The molecule has 0 saturated carbocycles. The first-order valence-corrected chi connectivity index (χ1v) is 23.8. The summed E-state index contributed by atoms with van der Waals surface area (Å²) in [6, 6.07) is 94.2. The molecule has 0 saturated heterocycles. The number of benzene rings is 10. The molecule has 3 heteroatoms. The fourth-order valence-corrected chi connectivity index (χ4v) is 15.1. The number of aromatic nitrogens is 2. The largest absolute Gasteiger partial charge is 0.309 e. The van der Waals surface area contributed by atoms with Crippen LogP contribution in [0.2, 0.25) is 0 Å². The molecule has 0 radical (unpaired) electrons. The lowest BCUT2D eigenvalue weighted by Crippen LogP contribution is -2.74. The second-order valence-corrected chi connectivity index (χ2v) is 20.3. The number of rotatable bonds is 8. The zero-order chi connectivity index (χ0) is 41.7. The maximum Gasteiger partial charge on any atom is 0.179 e. The van der Waals surface area contributed by atoms with Crippen LogP contribution in [-0.2, 0) is 0 Å². The maximum atomic E-state index is 2.48. The average molecular weight is 819 g/mol. The third-order valence-electron chi connectivity index (χ3n) is 13.1. The smallest absolute Gasteiger partial charge is 0.179 e. The van der Waals surface area contributed by atoms with Crippen LogP contribution >= 0.6 is 0 Å². The van der Waals surface area contributed by atoms with Crippen LogP contribution in [0, 0.1) is 0 Å². The highest BCUT2D eigenvalue weighted by Gasteiger charge is 2.41. The van der Waals surface area contributed by atoms with Gasteiger partial charge in [0.15, 0.2) is 8.07 Å². The lowest BCUT2D eigenvalue weighted by molar-refractivity contribution is 1.17. The van der Waals surface area contributed by atoms with Gasteiger partial charge in [0, 0.05) is 32.9 Å². The quantitative estimate of drug-likeness (QED) is 0.107. The Hall–Kier alpha value is -7.98. The summed E-state index contributed by atoms with van der Waals surface area (Å²) >= 11 is 0. The van der Waals surface area contributed by atoms with Crippen molar-refractivity contribution in [3.05, 3.63) is 255 Å². The predicted molar refractivity (Wildman–Crippen MR) is 270 cm³/mol. The van der Waals surface area contributed by atoms with Crippen LogP contribution in [0.15, 0.2) is 255 Å². The van der Waals surface area contributed by atoms with Crippen LogP contribution in [-0.4, -0.2) is 17.2 Å². The highest BCUT2D eigenvalue weighted by molar-refractivity contribution is 7.19. The van der Waals surface area contributed by atoms with Gasteiger partial charge in [0.05, 0.1) is 22.1 Å². The molecule has 0 aliphatic heterocycles. The molecule has 0 spiro atoms. The van der Waals surface area contributed by atoms with Gasteiger partial charge in [-0.15, -0.1) is 0 Å². The molecular formula is C60H42N2Si. The Labute approximate surface area is 368 Å². The Morgan fingerprint density at radius 3 is 1.40 bits per heavy atom.